The highest BCUT2D eigenvalue weighted by atomic mass is 79.9. The van der Waals surface area contributed by atoms with Crippen LogP contribution in [-0.4, -0.2) is 4.69 Å². The third-order valence-electron chi connectivity index (χ3n) is 1.98. The van der Waals surface area contributed by atoms with Crippen molar-refractivity contribution < 1.29 is 9.50 Å². The van der Waals surface area contributed by atoms with Gasteiger partial charge in [0.2, 0.25) is 0 Å². The molecule has 0 amide bonds. The maximum atomic E-state index is 10.5. The zero-order valence-electron chi connectivity index (χ0n) is 8.35. The normalized spacial score (nSPS) is 9.38. The molecule has 0 aromatic heterocycles. The average Bonchev–Trinajstić information content (AvgIpc) is 2.02. The molecule has 0 heterocycles. The largest absolute Gasteiger partial charge is 0.287 e. The van der Waals surface area contributed by atoms with E-state index >= 15 is 0 Å². The molecule has 0 rings (SSSR count). The van der Waals surface area contributed by atoms with Crippen LogP contribution in [0.25, 0.3) is 0 Å². The van der Waals surface area contributed by atoms with Crippen molar-refractivity contribution in [1.82, 2.24) is 0 Å². The van der Waals surface area contributed by atoms with Gasteiger partial charge >= 0.3 is 0 Å². The van der Waals surface area contributed by atoms with Gasteiger partial charge in [0.05, 0.1) is 0 Å². The van der Waals surface area contributed by atoms with Gasteiger partial charge in [-0.05, 0) is 22.4 Å². The SMILES string of the molecule is CCCCCCCCCC(=O)Br.F. The topological polar surface area (TPSA) is 17.1 Å². The van der Waals surface area contributed by atoms with Crippen LogP contribution in [0.4, 0.5) is 4.70 Å². The molecular weight excluding hydrogens is 235 g/mol. The summed E-state index contributed by atoms with van der Waals surface area (Å²) in [6, 6.07) is 0. The second-order valence-electron chi connectivity index (χ2n) is 3.23. The van der Waals surface area contributed by atoms with Crippen LogP contribution in [0.15, 0.2) is 0 Å². The molecule has 13 heavy (non-hydrogen) atoms. The van der Waals surface area contributed by atoms with Crippen molar-refractivity contribution in [2.75, 3.05) is 0 Å². The van der Waals surface area contributed by atoms with E-state index in [0.29, 0.717) is 6.42 Å². The van der Waals surface area contributed by atoms with Gasteiger partial charge in [0, 0.05) is 6.42 Å². The molecule has 0 aliphatic carbocycles. The Morgan fingerprint density at radius 3 is 1.92 bits per heavy atom. The fraction of sp³-hybridized carbons (Fsp3) is 0.900. The highest BCUT2D eigenvalue weighted by Gasteiger charge is 1.94. The molecule has 0 saturated heterocycles. The van der Waals surface area contributed by atoms with E-state index in [-0.39, 0.29) is 9.40 Å². The lowest BCUT2D eigenvalue weighted by molar-refractivity contribution is -0.110. The predicted molar refractivity (Wildman–Crippen MR) is 59.0 cm³/mol. The van der Waals surface area contributed by atoms with Crippen LogP contribution < -0.4 is 0 Å². The molecule has 0 fully saturated rings. The molecule has 0 aromatic rings. The van der Waals surface area contributed by atoms with Gasteiger partial charge in [-0.1, -0.05) is 45.4 Å². The van der Waals surface area contributed by atoms with E-state index in [1.165, 1.54) is 38.5 Å². The minimum absolute atomic E-state index is 0. The number of rotatable bonds is 8. The molecule has 0 atom stereocenters. The van der Waals surface area contributed by atoms with Crippen molar-refractivity contribution in [3.63, 3.8) is 0 Å². The molecule has 3 heteroatoms. The van der Waals surface area contributed by atoms with E-state index in [9.17, 15) is 4.79 Å². The van der Waals surface area contributed by atoms with Crippen molar-refractivity contribution in [2.24, 2.45) is 0 Å². The lowest BCUT2D eigenvalue weighted by Gasteiger charge is -1.98. The van der Waals surface area contributed by atoms with E-state index in [2.05, 4.69) is 22.9 Å². The van der Waals surface area contributed by atoms with Gasteiger partial charge in [0.1, 0.15) is 0 Å². The van der Waals surface area contributed by atoms with Crippen LogP contribution in [-0.2, 0) is 4.79 Å². The highest BCUT2D eigenvalue weighted by molar-refractivity contribution is 9.18. The maximum Gasteiger partial charge on any atom is 0.197 e. The van der Waals surface area contributed by atoms with Crippen LogP contribution in [0.2, 0.25) is 0 Å². The first-order chi connectivity index (χ1) is 5.77. The Balaban J connectivity index is 0. The Morgan fingerprint density at radius 1 is 1.00 bits per heavy atom. The fourth-order valence-electron chi connectivity index (χ4n) is 1.22. The highest BCUT2D eigenvalue weighted by Crippen LogP contribution is 2.09. The number of carbonyl (C=O) groups is 1. The average molecular weight is 255 g/mol. The molecule has 0 aliphatic heterocycles. The van der Waals surface area contributed by atoms with Crippen LogP contribution in [0.1, 0.15) is 58.3 Å². The first kappa shape index (κ1) is 15.5. The summed E-state index contributed by atoms with van der Waals surface area (Å²) >= 11 is 2.93. The van der Waals surface area contributed by atoms with Crippen molar-refractivity contribution in [2.45, 2.75) is 58.3 Å². The monoisotopic (exact) mass is 254 g/mol. The number of unbranched alkanes of at least 4 members (excludes halogenated alkanes) is 6. The predicted octanol–water partition coefficient (Wildman–Crippen LogP) is 4.20. The van der Waals surface area contributed by atoms with E-state index in [1.807, 2.05) is 0 Å². The lowest BCUT2D eigenvalue weighted by Crippen LogP contribution is -1.85. The lowest BCUT2D eigenvalue weighted by atomic mass is 10.1. The standard InChI is InChI=1S/C10H19BrO.FH/c1-2-3-4-5-6-7-8-9-10(11)12;/h2-9H2,1H3;1H. The molecule has 0 spiro atoms. The molecule has 0 N–H and O–H groups in total. The Bertz CT molecular complexity index is 117. The van der Waals surface area contributed by atoms with Gasteiger partial charge in [0.15, 0.2) is 4.69 Å². The molecule has 0 aromatic carbocycles. The van der Waals surface area contributed by atoms with Gasteiger partial charge in [-0.25, -0.2) is 0 Å². The van der Waals surface area contributed by atoms with Crippen molar-refractivity contribution in [1.29, 1.82) is 0 Å². The summed E-state index contributed by atoms with van der Waals surface area (Å²) in [7, 11) is 0. The molecule has 80 valence electrons. The smallest absolute Gasteiger partial charge is 0.197 e. The third-order valence-corrected chi connectivity index (χ3v) is 2.37. The molecule has 0 aliphatic rings. The van der Waals surface area contributed by atoms with E-state index < -0.39 is 0 Å². The Morgan fingerprint density at radius 2 is 1.46 bits per heavy atom. The number of hydrogen-bond donors (Lipinski definition) is 0. The van der Waals surface area contributed by atoms with E-state index in [0.717, 1.165) is 6.42 Å². The van der Waals surface area contributed by atoms with Crippen LogP contribution >= 0.6 is 15.9 Å². The summed E-state index contributed by atoms with van der Waals surface area (Å²) < 4.78 is 0.149. The third kappa shape index (κ3) is 14.9. The number of carbonyl (C=O) groups excluding carboxylic acids is 1. The minimum atomic E-state index is 0. The van der Waals surface area contributed by atoms with Gasteiger partial charge < -0.3 is 0 Å². The minimum Gasteiger partial charge on any atom is -0.287 e. The number of hydrogen-bond acceptors (Lipinski definition) is 1. The zero-order chi connectivity index (χ0) is 9.23. The molecule has 0 saturated carbocycles. The summed E-state index contributed by atoms with van der Waals surface area (Å²) in [5.41, 5.74) is 0. The van der Waals surface area contributed by atoms with Crippen molar-refractivity contribution in [3.8, 4) is 0 Å². The number of halogens is 2. The fourth-order valence-corrected chi connectivity index (χ4v) is 1.50. The molecule has 0 unspecified atom stereocenters. The summed E-state index contributed by atoms with van der Waals surface area (Å²) in [5, 5.41) is 0. The molecular formula is C10H20BrFO. The second-order valence-corrected chi connectivity index (χ2v) is 4.11. The zero-order valence-corrected chi connectivity index (χ0v) is 9.94. The molecule has 0 bridgehead atoms. The van der Waals surface area contributed by atoms with Gasteiger partial charge in [-0.15, -0.1) is 0 Å². The maximum absolute atomic E-state index is 10.5. The first-order valence-corrected chi connectivity index (χ1v) is 5.75. The Hall–Kier alpha value is 0.0800. The van der Waals surface area contributed by atoms with E-state index in [1.54, 1.807) is 0 Å². The van der Waals surface area contributed by atoms with Crippen molar-refractivity contribution >= 4 is 20.6 Å². The first-order valence-electron chi connectivity index (χ1n) is 4.95. The Kier molecular flexibility index (Phi) is 14.4. The Labute approximate surface area is 88.8 Å². The second kappa shape index (κ2) is 12.1. The van der Waals surface area contributed by atoms with Crippen LogP contribution in [0, 0.1) is 0 Å². The van der Waals surface area contributed by atoms with E-state index in [4.69, 9.17) is 0 Å². The summed E-state index contributed by atoms with van der Waals surface area (Å²) in [6.07, 6.45) is 9.62. The van der Waals surface area contributed by atoms with Gasteiger partial charge in [-0.3, -0.25) is 9.50 Å². The molecule has 1 nitrogen and oxygen atoms in total. The quantitative estimate of drug-likeness (QED) is 0.469. The van der Waals surface area contributed by atoms with Gasteiger partial charge in [-0.2, -0.15) is 0 Å². The van der Waals surface area contributed by atoms with Crippen molar-refractivity contribution in [3.05, 3.63) is 0 Å². The summed E-state index contributed by atoms with van der Waals surface area (Å²) in [6.45, 7) is 2.23. The van der Waals surface area contributed by atoms with Crippen LogP contribution in [0.5, 0.6) is 0 Å². The summed E-state index contributed by atoms with van der Waals surface area (Å²) in [4.78, 5) is 10.5. The van der Waals surface area contributed by atoms with Crippen LogP contribution in [0.3, 0.4) is 0 Å². The molecule has 0 radical (unpaired) electrons. The van der Waals surface area contributed by atoms with Gasteiger partial charge in [0.25, 0.3) is 0 Å². The summed E-state index contributed by atoms with van der Waals surface area (Å²) in [5.74, 6) is 0.